The Hall–Kier alpha value is -1.09. The van der Waals surface area contributed by atoms with Crippen molar-refractivity contribution in [1.82, 2.24) is 10.1 Å². The van der Waals surface area contributed by atoms with E-state index in [1.807, 2.05) is 6.92 Å². The molecule has 1 aliphatic rings. The van der Waals surface area contributed by atoms with Crippen LogP contribution < -0.4 is 0 Å². The number of likely N-dealkylation sites (tertiary alicyclic amines) is 1. The maximum Gasteiger partial charge on any atom is 0.133 e. The number of hydrogen-bond acceptors (Lipinski definition) is 3. The Morgan fingerprint density at radius 3 is 3.06 bits per heavy atom. The first-order valence-electron chi connectivity index (χ1n) is 5.97. The van der Waals surface area contributed by atoms with Crippen LogP contribution in [0, 0.1) is 6.92 Å². The quantitative estimate of drug-likeness (QED) is 0.733. The van der Waals surface area contributed by atoms with E-state index in [4.69, 9.17) is 4.52 Å². The third-order valence-electron chi connectivity index (χ3n) is 3.09. The summed E-state index contributed by atoms with van der Waals surface area (Å²) in [6.45, 7) is 8.43. The first-order valence-corrected chi connectivity index (χ1v) is 5.97. The van der Waals surface area contributed by atoms with Gasteiger partial charge in [0.1, 0.15) is 11.5 Å². The van der Waals surface area contributed by atoms with Crippen LogP contribution in [0.2, 0.25) is 0 Å². The third kappa shape index (κ3) is 2.53. The van der Waals surface area contributed by atoms with Gasteiger partial charge in [-0.2, -0.15) is 0 Å². The summed E-state index contributed by atoms with van der Waals surface area (Å²) in [6, 6.07) is 2.51. The summed E-state index contributed by atoms with van der Waals surface area (Å²) < 4.78 is 5.16. The van der Waals surface area contributed by atoms with Crippen molar-refractivity contribution in [3.05, 3.63) is 29.2 Å². The summed E-state index contributed by atoms with van der Waals surface area (Å²) in [4.78, 5) is 2.48. The van der Waals surface area contributed by atoms with E-state index in [0.29, 0.717) is 6.04 Å². The van der Waals surface area contributed by atoms with E-state index in [-0.39, 0.29) is 0 Å². The summed E-state index contributed by atoms with van der Waals surface area (Å²) in [5.41, 5.74) is 2.47. The Morgan fingerprint density at radius 2 is 2.44 bits per heavy atom. The van der Waals surface area contributed by atoms with Gasteiger partial charge in [-0.15, -0.1) is 0 Å². The molecule has 0 bridgehead atoms. The van der Waals surface area contributed by atoms with Gasteiger partial charge in [0.2, 0.25) is 0 Å². The molecule has 1 atom stereocenters. The number of aromatic nitrogens is 1. The minimum Gasteiger partial charge on any atom is -0.361 e. The lowest BCUT2D eigenvalue weighted by Gasteiger charge is -2.20. The van der Waals surface area contributed by atoms with Gasteiger partial charge in [-0.25, -0.2) is 0 Å². The zero-order valence-electron chi connectivity index (χ0n) is 10.4. The Labute approximate surface area is 97.1 Å². The Bertz CT molecular complexity index is 377. The molecule has 2 rings (SSSR count). The molecular weight excluding hydrogens is 200 g/mol. The van der Waals surface area contributed by atoms with E-state index >= 15 is 0 Å². The Balaban J connectivity index is 2.06. The topological polar surface area (TPSA) is 29.3 Å². The van der Waals surface area contributed by atoms with Crippen LogP contribution >= 0.6 is 0 Å². The fourth-order valence-electron chi connectivity index (χ4n) is 2.22. The zero-order chi connectivity index (χ0) is 11.5. The molecule has 1 aromatic rings. The molecule has 88 valence electrons. The molecule has 0 saturated carbocycles. The number of hydrogen-bond donors (Lipinski definition) is 0. The van der Waals surface area contributed by atoms with Crippen LogP contribution in [0.4, 0.5) is 0 Å². The van der Waals surface area contributed by atoms with E-state index in [2.05, 4.69) is 36.0 Å². The van der Waals surface area contributed by atoms with E-state index < -0.39 is 0 Å². The van der Waals surface area contributed by atoms with Crippen LogP contribution in [0.5, 0.6) is 0 Å². The molecule has 1 aromatic heterocycles. The first-order chi connectivity index (χ1) is 7.66. The lowest BCUT2D eigenvalue weighted by atomic mass is 10.1. The normalized spacial score (nSPS) is 21.3. The molecule has 1 saturated heterocycles. The average Bonchev–Trinajstić information content (AvgIpc) is 2.82. The van der Waals surface area contributed by atoms with Crippen LogP contribution in [0.1, 0.15) is 44.2 Å². The second-order valence-corrected chi connectivity index (χ2v) is 4.80. The monoisotopic (exact) mass is 220 g/mol. The van der Waals surface area contributed by atoms with Gasteiger partial charge < -0.3 is 4.52 Å². The van der Waals surface area contributed by atoms with Crippen molar-refractivity contribution >= 4 is 0 Å². The number of aryl methyl sites for hydroxylation is 1. The fraction of sp³-hybridized carbons (Fsp3) is 0.615. The van der Waals surface area contributed by atoms with Crippen LogP contribution in [-0.2, 0) is 0 Å². The van der Waals surface area contributed by atoms with Crippen molar-refractivity contribution in [1.29, 1.82) is 0 Å². The predicted molar refractivity (Wildman–Crippen MR) is 64.2 cm³/mol. The van der Waals surface area contributed by atoms with Gasteiger partial charge in [-0.05, 0) is 40.2 Å². The van der Waals surface area contributed by atoms with Crippen molar-refractivity contribution < 1.29 is 4.52 Å². The largest absolute Gasteiger partial charge is 0.361 e. The van der Waals surface area contributed by atoms with Crippen molar-refractivity contribution in [3.8, 4) is 0 Å². The smallest absolute Gasteiger partial charge is 0.133 e. The van der Waals surface area contributed by atoms with Crippen molar-refractivity contribution in [2.24, 2.45) is 0 Å². The molecule has 0 unspecified atom stereocenters. The number of rotatable bonds is 3. The molecule has 3 heteroatoms. The second kappa shape index (κ2) is 4.83. The predicted octanol–water partition coefficient (Wildman–Crippen LogP) is 3.09. The van der Waals surface area contributed by atoms with E-state index in [1.165, 1.54) is 25.0 Å². The van der Waals surface area contributed by atoms with Crippen molar-refractivity contribution in [3.63, 3.8) is 0 Å². The Kier molecular flexibility index (Phi) is 3.44. The molecule has 3 nitrogen and oxygen atoms in total. The molecule has 0 amide bonds. The molecule has 0 N–H and O–H groups in total. The summed E-state index contributed by atoms with van der Waals surface area (Å²) in [5, 5.41) is 4.14. The summed E-state index contributed by atoms with van der Waals surface area (Å²) in [6.07, 6.45) is 4.74. The van der Waals surface area contributed by atoms with Crippen molar-refractivity contribution in [2.75, 3.05) is 13.1 Å². The van der Waals surface area contributed by atoms with Gasteiger partial charge in [0, 0.05) is 12.6 Å². The van der Waals surface area contributed by atoms with E-state index in [0.717, 1.165) is 18.0 Å². The molecule has 16 heavy (non-hydrogen) atoms. The summed E-state index contributed by atoms with van der Waals surface area (Å²) >= 11 is 0. The van der Waals surface area contributed by atoms with Crippen molar-refractivity contribution in [2.45, 2.75) is 39.7 Å². The third-order valence-corrected chi connectivity index (χ3v) is 3.09. The SMILES string of the molecule is CC(C)=CCN1CCC[C@H]1c1cc(C)on1. The summed E-state index contributed by atoms with van der Waals surface area (Å²) in [7, 11) is 0. The van der Waals surface area contributed by atoms with E-state index in [9.17, 15) is 0 Å². The van der Waals surface area contributed by atoms with Crippen LogP contribution in [0.25, 0.3) is 0 Å². The van der Waals surface area contributed by atoms with Gasteiger partial charge >= 0.3 is 0 Å². The standard InChI is InChI=1S/C13H20N2O/c1-10(2)6-8-15-7-4-5-13(15)12-9-11(3)16-14-12/h6,9,13H,4-5,7-8H2,1-3H3/t13-/m0/s1. The molecule has 1 aliphatic heterocycles. The Morgan fingerprint density at radius 1 is 1.62 bits per heavy atom. The van der Waals surface area contributed by atoms with Gasteiger partial charge in [0.25, 0.3) is 0 Å². The maximum atomic E-state index is 5.16. The average molecular weight is 220 g/mol. The highest BCUT2D eigenvalue weighted by Crippen LogP contribution is 2.31. The van der Waals surface area contributed by atoms with E-state index in [1.54, 1.807) is 0 Å². The highest BCUT2D eigenvalue weighted by Gasteiger charge is 2.27. The lowest BCUT2D eigenvalue weighted by Crippen LogP contribution is -2.23. The minimum absolute atomic E-state index is 0.452. The fourth-order valence-corrected chi connectivity index (χ4v) is 2.22. The molecule has 1 fully saturated rings. The van der Waals surface area contributed by atoms with Crippen LogP contribution in [0.3, 0.4) is 0 Å². The first kappa shape index (κ1) is 11.4. The highest BCUT2D eigenvalue weighted by molar-refractivity contribution is 5.11. The maximum absolute atomic E-state index is 5.16. The molecule has 0 aliphatic carbocycles. The number of nitrogens with zero attached hydrogens (tertiary/aromatic N) is 2. The molecular formula is C13H20N2O. The highest BCUT2D eigenvalue weighted by atomic mass is 16.5. The van der Waals surface area contributed by atoms with Crippen LogP contribution in [0.15, 0.2) is 22.2 Å². The van der Waals surface area contributed by atoms with Gasteiger partial charge in [0.05, 0.1) is 6.04 Å². The molecule has 2 heterocycles. The van der Waals surface area contributed by atoms with Gasteiger partial charge in [-0.3, -0.25) is 4.90 Å². The second-order valence-electron chi connectivity index (χ2n) is 4.80. The zero-order valence-corrected chi connectivity index (χ0v) is 10.4. The molecule has 0 radical (unpaired) electrons. The van der Waals surface area contributed by atoms with Gasteiger partial charge in [0.15, 0.2) is 0 Å². The molecule has 0 spiro atoms. The number of allylic oxidation sites excluding steroid dienone is 1. The van der Waals surface area contributed by atoms with Crippen LogP contribution in [-0.4, -0.2) is 23.1 Å². The van der Waals surface area contributed by atoms with Gasteiger partial charge in [-0.1, -0.05) is 16.8 Å². The molecule has 0 aromatic carbocycles. The lowest BCUT2D eigenvalue weighted by molar-refractivity contribution is 0.269. The summed E-state index contributed by atoms with van der Waals surface area (Å²) in [5.74, 6) is 0.907. The minimum atomic E-state index is 0.452.